The van der Waals surface area contributed by atoms with E-state index in [9.17, 15) is 40.8 Å². The van der Waals surface area contributed by atoms with Crippen LogP contribution in [-0.2, 0) is 59.1 Å². The number of nitrogens with one attached hydrogen (secondary N) is 6. The van der Waals surface area contributed by atoms with E-state index in [1.165, 1.54) is 0 Å². The van der Waals surface area contributed by atoms with Crippen LogP contribution in [0.5, 0.6) is 0 Å². The molecule has 6 bridgehead atoms. The number of aliphatic carboxylic acids is 1. The number of carbonyl (C=O) groups excluding carboxylic acids is 4. The van der Waals surface area contributed by atoms with Crippen molar-refractivity contribution in [2.75, 3.05) is 36.8 Å². The molecule has 0 aliphatic carbocycles. The molecule has 4 aromatic rings. The van der Waals surface area contributed by atoms with Gasteiger partial charge in [-0.1, -0.05) is 78.9 Å². The Bertz CT molecular complexity index is 2460. The van der Waals surface area contributed by atoms with E-state index in [1.54, 1.807) is 103 Å². The zero-order valence-corrected chi connectivity index (χ0v) is 36.9. The van der Waals surface area contributed by atoms with E-state index >= 15 is 0 Å². The fraction of sp³-hybridized carbons (Fsp3) is 0.333. The Morgan fingerprint density at radius 3 is 1.73 bits per heavy atom. The lowest BCUT2D eigenvalue weighted by molar-refractivity contribution is -0.192. The Morgan fingerprint density at radius 1 is 0.773 bits per heavy atom. The maximum atomic E-state index is 14.2. The summed E-state index contributed by atoms with van der Waals surface area (Å²) >= 11 is 0. The van der Waals surface area contributed by atoms with Crippen molar-refractivity contribution in [3.8, 4) is 0 Å². The number of hydrogen-bond acceptors (Lipinski definition) is 10. The minimum Gasteiger partial charge on any atom is -0.475 e. The first-order valence-electron chi connectivity index (χ1n) is 20.7. The first-order chi connectivity index (χ1) is 31.1. The molecule has 352 valence electrons. The highest BCUT2D eigenvalue weighted by Crippen LogP contribution is 2.19. The van der Waals surface area contributed by atoms with Crippen LogP contribution in [0.1, 0.15) is 41.7 Å². The number of nitrogens with two attached hydrogens (primary N) is 1. The number of benzene rings is 4. The number of amides is 4. The molecule has 8 heterocycles. The minimum atomic E-state index is -5.08. The van der Waals surface area contributed by atoms with E-state index in [-0.39, 0.29) is 68.0 Å². The predicted octanol–water partition coefficient (Wildman–Crippen LogP) is 2.96. The van der Waals surface area contributed by atoms with Gasteiger partial charge in [0, 0.05) is 55.1 Å². The Kier molecular flexibility index (Phi) is 17.1. The number of piperazine rings is 1. The van der Waals surface area contributed by atoms with Gasteiger partial charge in [-0.05, 0) is 66.8 Å². The van der Waals surface area contributed by atoms with Crippen molar-refractivity contribution in [3.05, 3.63) is 131 Å². The second kappa shape index (κ2) is 22.5. The lowest BCUT2D eigenvalue weighted by Crippen LogP contribution is -2.58. The van der Waals surface area contributed by atoms with Crippen molar-refractivity contribution in [2.45, 2.75) is 69.3 Å². The quantitative estimate of drug-likeness (QED) is 0.0942. The standard InChI is InChI=1S/C43H51N9O6S.C2HF3O2/c1-28-24-52-26-40(54)48-36-18-12-31(13-19-36)21-38(50-59(57,58)27-33-6-4-3-5-7-33)43(56)49-37(42(55)46-22-32-8-14-34(15-9-32)41(44)45)20-30-10-16-35(17-11-30)47-39(53)25-51(28)23-29(52)2;3-2(4,5)1(6)7/h3-19,28-29,37-38,50H,20-27H2,1-2H3,(H3,44,45)(H,46,55)(H,47,53)(H,48,54)(H,49,56);(H,6,7)/t28-,29-,37-,38+;/m0./s1. The van der Waals surface area contributed by atoms with Crippen molar-refractivity contribution in [3.63, 3.8) is 0 Å². The number of nitrogens with zero attached hydrogens (tertiary/aromatic N) is 2. The summed E-state index contributed by atoms with van der Waals surface area (Å²) in [4.78, 5) is 67.6. The second-order valence-electron chi connectivity index (χ2n) is 16.1. The topological polar surface area (TPSA) is 256 Å². The Balaban J connectivity index is 0.00000108. The van der Waals surface area contributed by atoms with Crippen LogP contribution in [0, 0.1) is 5.41 Å². The SMILES string of the molecule is C[C@H]1CN2CC(=O)Nc3ccc(cc3)C[C@@H](NS(=O)(=O)Cc3ccccc3)C(=O)N[C@H](C(=O)NCc3ccc(C(=N)N)cc3)Cc3ccc(cc3)NC(=O)CN1C[C@@H]2C.O=C(O)C(F)(F)F. The monoisotopic (exact) mass is 935 g/mol. The summed E-state index contributed by atoms with van der Waals surface area (Å²) in [5.74, 6) is -4.84. The van der Waals surface area contributed by atoms with Gasteiger partial charge >= 0.3 is 12.1 Å². The lowest BCUT2D eigenvalue weighted by Gasteiger charge is -2.43. The molecule has 12 rings (SSSR count). The van der Waals surface area contributed by atoms with Gasteiger partial charge in [-0.2, -0.15) is 13.2 Å². The summed E-state index contributed by atoms with van der Waals surface area (Å²) in [7, 11) is -4.06. The third-order valence-corrected chi connectivity index (χ3v) is 12.1. The molecule has 21 heteroatoms. The maximum Gasteiger partial charge on any atom is 0.490 e. The van der Waals surface area contributed by atoms with E-state index in [1.807, 2.05) is 13.8 Å². The summed E-state index contributed by atoms with van der Waals surface area (Å²) in [6, 6.07) is 26.8. The van der Waals surface area contributed by atoms with E-state index < -0.39 is 46.1 Å². The van der Waals surface area contributed by atoms with Crippen LogP contribution in [0.4, 0.5) is 24.5 Å². The highest BCUT2D eigenvalue weighted by Gasteiger charge is 2.38. The Hall–Kier alpha value is -6.68. The number of sulfonamides is 1. The largest absolute Gasteiger partial charge is 0.490 e. The molecule has 0 radical (unpaired) electrons. The molecular weight excluding hydrogens is 884 g/mol. The highest BCUT2D eigenvalue weighted by molar-refractivity contribution is 7.88. The van der Waals surface area contributed by atoms with E-state index in [0.29, 0.717) is 46.7 Å². The minimum absolute atomic E-state index is 0.0168. The van der Waals surface area contributed by atoms with Crippen LogP contribution in [-0.4, -0.2) is 115 Å². The van der Waals surface area contributed by atoms with E-state index in [2.05, 4.69) is 35.8 Å². The van der Waals surface area contributed by atoms with Gasteiger partial charge in [0.15, 0.2) is 0 Å². The van der Waals surface area contributed by atoms with Gasteiger partial charge in [-0.25, -0.2) is 17.9 Å². The number of amidine groups is 1. The number of rotatable bonds is 8. The normalized spacial score (nSPS) is 21.8. The summed E-state index contributed by atoms with van der Waals surface area (Å²) in [5.41, 5.74) is 9.78. The van der Waals surface area contributed by atoms with E-state index in [4.69, 9.17) is 21.0 Å². The number of halogens is 3. The summed E-state index contributed by atoms with van der Waals surface area (Å²) in [5, 5.41) is 26.4. The van der Waals surface area contributed by atoms with Gasteiger partial charge < -0.3 is 32.1 Å². The first kappa shape index (κ1) is 50.3. The number of carboxylic acid groups (broad SMARTS) is 1. The molecule has 6 atom stereocenters. The molecule has 1 fully saturated rings. The molecule has 66 heavy (non-hydrogen) atoms. The van der Waals surface area contributed by atoms with Crippen LogP contribution in [0.2, 0.25) is 0 Å². The summed E-state index contributed by atoms with van der Waals surface area (Å²) in [6.07, 6.45) is -5.09. The summed E-state index contributed by atoms with van der Waals surface area (Å²) < 4.78 is 61.4. The van der Waals surface area contributed by atoms with Gasteiger partial charge in [0.25, 0.3) is 0 Å². The van der Waals surface area contributed by atoms with Gasteiger partial charge in [0.2, 0.25) is 33.7 Å². The molecule has 17 nitrogen and oxygen atoms in total. The maximum absolute atomic E-state index is 14.2. The Morgan fingerprint density at radius 2 is 1.26 bits per heavy atom. The molecule has 1 saturated heterocycles. The number of alkyl halides is 3. The van der Waals surface area contributed by atoms with Crippen molar-refractivity contribution in [1.29, 1.82) is 5.41 Å². The molecule has 0 aromatic heterocycles. The van der Waals surface area contributed by atoms with Crippen LogP contribution in [0.25, 0.3) is 0 Å². The van der Waals surface area contributed by atoms with Gasteiger partial charge in [0.1, 0.15) is 17.9 Å². The molecule has 8 aliphatic rings. The third kappa shape index (κ3) is 15.5. The molecule has 8 aliphatic heterocycles. The smallest absolute Gasteiger partial charge is 0.475 e. The van der Waals surface area contributed by atoms with Crippen LogP contribution in [0.3, 0.4) is 0 Å². The van der Waals surface area contributed by atoms with Crippen LogP contribution < -0.4 is 31.7 Å². The molecule has 2 unspecified atom stereocenters. The number of carboxylic acids is 1. The fourth-order valence-electron chi connectivity index (χ4n) is 7.24. The van der Waals surface area contributed by atoms with Crippen molar-refractivity contribution < 1.29 is 50.7 Å². The fourth-order valence-corrected chi connectivity index (χ4v) is 8.57. The number of nitrogen functional groups attached to an aromatic ring is 1. The molecule has 9 N–H and O–H groups in total. The van der Waals surface area contributed by atoms with Crippen molar-refractivity contribution in [2.24, 2.45) is 5.73 Å². The van der Waals surface area contributed by atoms with E-state index in [0.717, 1.165) is 5.56 Å². The molecule has 0 spiro atoms. The lowest BCUT2D eigenvalue weighted by atomic mass is 10.0. The number of anilines is 2. The van der Waals surface area contributed by atoms with Crippen molar-refractivity contribution in [1.82, 2.24) is 25.2 Å². The van der Waals surface area contributed by atoms with Gasteiger partial charge in [-0.15, -0.1) is 0 Å². The number of hydrogen-bond donors (Lipinski definition) is 8. The Labute approximate surface area is 379 Å². The average Bonchev–Trinajstić information content (AvgIpc) is 3.25. The molecule has 0 saturated carbocycles. The summed E-state index contributed by atoms with van der Waals surface area (Å²) in [6.45, 7) is 5.70. The van der Waals surface area contributed by atoms with Crippen LogP contribution >= 0.6 is 0 Å². The zero-order valence-electron chi connectivity index (χ0n) is 36.1. The third-order valence-electron chi connectivity index (χ3n) is 10.7. The van der Waals surface area contributed by atoms with Crippen molar-refractivity contribution >= 4 is 56.8 Å². The molecule has 4 aromatic carbocycles. The number of carbonyl (C=O) groups is 5. The highest BCUT2D eigenvalue weighted by atomic mass is 32.2. The first-order valence-corrected chi connectivity index (χ1v) is 22.4. The molecule has 4 amide bonds. The molecular formula is C45H52F3N9O8S. The van der Waals surface area contributed by atoms with Crippen LogP contribution in [0.15, 0.2) is 103 Å². The van der Waals surface area contributed by atoms with Gasteiger partial charge in [-0.3, -0.25) is 34.4 Å². The second-order valence-corrected chi connectivity index (χ2v) is 17.8. The average molecular weight is 936 g/mol. The zero-order chi connectivity index (χ0) is 48.2. The van der Waals surface area contributed by atoms with Gasteiger partial charge in [0.05, 0.1) is 18.8 Å². The predicted molar refractivity (Wildman–Crippen MR) is 241 cm³/mol.